The van der Waals surface area contributed by atoms with E-state index in [1.807, 2.05) is 48.5 Å². The molecule has 0 amide bonds. The summed E-state index contributed by atoms with van der Waals surface area (Å²) in [7, 11) is 0. The lowest BCUT2D eigenvalue weighted by molar-refractivity contribution is 0.302. The fraction of sp³-hybridized carbons (Fsp3) is 0.182. The molecule has 0 saturated carbocycles. The van der Waals surface area contributed by atoms with Gasteiger partial charge in [0.25, 0.3) is 0 Å². The van der Waals surface area contributed by atoms with E-state index >= 15 is 0 Å². The summed E-state index contributed by atoms with van der Waals surface area (Å²) in [6.45, 7) is 2.12. The van der Waals surface area contributed by atoms with Crippen molar-refractivity contribution in [3.05, 3.63) is 99.5 Å². The second-order valence-electron chi connectivity index (χ2n) is 6.08. The van der Waals surface area contributed by atoms with Crippen molar-refractivity contribution in [2.75, 3.05) is 6.54 Å². The summed E-state index contributed by atoms with van der Waals surface area (Å²) in [5.74, 6) is 0.859. The topological polar surface area (TPSA) is 21.3 Å². The van der Waals surface area contributed by atoms with Gasteiger partial charge in [-0.2, -0.15) is 0 Å². The lowest BCUT2D eigenvalue weighted by Gasteiger charge is -2.13. The first-order valence-electron chi connectivity index (χ1n) is 8.61. The monoisotopic (exact) mass is 385 g/mol. The summed E-state index contributed by atoms with van der Waals surface area (Å²) >= 11 is 12.1. The Labute approximate surface area is 164 Å². The molecule has 0 saturated heterocycles. The van der Waals surface area contributed by atoms with E-state index < -0.39 is 0 Å². The highest BCUT2D eigenvalue weighted by atomic mass is 35.5. The first-order chi connectivity index (χ1) is 12.7. The Morgan fingerprint density at radius 3 is 2.27 bits per heavy atom. The summed E-state index contributed by atoms with van der Waals surface area (Å²) in [6.07, 6.45) is 0.942. The van der Waals surface area contributed by atoms with Crippen molar-refractivity contribution in [2.45, 2.75) is 19.6 Å². The van der Waals surface area contributed by atoms with Gasteiger partial charge in [0.05, 0.1) is 0 Å². The molecular formula is C22H21Cl2NO. The van der Waals surface area contributed by atoms with E-state index in [4.69, 9.17) is 27.9 Å². The molecule has 0 atom stereocenters. The zero-order valence-electron chi connectivity index (χ0n) is 14.4. The van der Waals surface area contributed by atoms with Crippen LogP contribution in [0.1, 0.15) is 16.7 Å². The SMILES string of the molecule is Clc1ccc(CCNCc2cc(Cl)ccc2OCc2ccccc2)cc1. The zero-order chi connectivity index (χ0) is 18.2. The maximum atomic E-state index is 6.16. The fourth-order valence-electron chi connectivity index (χ4n) is 2.67. The minimum atomic E-state index is 0.542. The van der Waals surface area contributed by atoms with Gasteiger partial charge < -0.3 is 10.1 Å². The van der Waals surface area contributed by atoms with Crippen LogP contribution >= 0.6 is 23.2 Å². The van der Waals surface area contributed by atoms with Crippen molar-refractivity contribution in [1.82, 2.24) is 5.32 Å². The molecule has 0 fully saturated rings. The maximum absolute atomic E-state index is 6.16. The normalized spacial score (nSPS) is 10.7. The quantitative estimate of drug-likeness (QED) is 0.487. The second-order valence-corrected chi connectivity index (χ2v) is 6.95. The van der Waals surface area contributed by atoms with Crippen LogP contribution in [-0.2, 0) is 19.6 Å². The Kier molecular flexibility index (Phi) is 6.96. The summed E-state index contributed by atoms with van der Waals surface area (Å²) in [4.78, 5) is 0. The van der Waals surface area contributed by atoms with E-state index in [-0.39, 0.29) is 0 Å². The van der Waals surface area contributed by atoms with Gasteiger partial charge in [-0.15, -0.1) is 0 Å². The number of benzene rings is 3. The Morgan fingerprint density at radius 2 is 1.50 bits per heavy atom. The Balaban J connectivity index is 1.54. The molecule has 3 aromatic carbocycles. The van der Waals surface area contributed by atoms with Crippen molar-refractivity contribution >= 4 is 23.2 Å². The first kappa shape index (κ1) is 18.8. The number of ether oxygens (including phenoxy) is 1. The summed E-state index contributed by atoms with van der Waals surface area (Å²) in [6, 6.07) is 23.8. The molecular weight excluding hydrogens is 365 g/mol. The third kappa shape index (κ3) is 5.77. The molecule has 0 aromatic heterocycles. The molecule has 3 rings (SSSR count). The van der Waals surface area contributed by atoms with Crippen LogP contribution in [0.4, 0.5) is 0 Å². The molecule has 0 aliphatic heterocycles. The predicted molar refractivity (Wildman–Crippen MR) is 109 cm³/mol. The number of hydrogen-bond acceptors (Lipinski definition) is 2. The molecule has 0 radical (unpaired) electrons. The third-order valence-electron chi connectivity index (χ3n) is 4.08. The number of nitrogens with one attached hydrogen (secondary N) is 1. The van der Waals surface area contributed by atoms with Crippen LogP contribution in [0.3, 0.4) is 0 Å². The van der Waals surface area contributed by atoms with Gasteiger partial charge in [0.2, 0.25) is 0 Å². The van der Waals surface area contributed by atoms with Gasteiger partial charge in [0.15, 0.2) is 0 Å². The van der Waals surface area contributed by atoms with Gasteiger partial charge >= 0.3 is 0 Å². The molecule has 2 nitrogen and oxygen atoms in total. The lowest BCUT2D eigenvalue weighted by Crippen LogP contribution is -2.17. The molecule has 134 valence electrons. The van der Waals surface area contributed by atoms with Crippen LogP contribution in [0, 0.1) is 0 Å². The van der Waals surface area contributed by atoms with Gasteiger partial charge in [0, 0.05) is 22.2 Å². The third-order valence-corrected chi connectivity index (χ3v) is 4.57. The second kappa shape index (κ2) is 9.63. The van der Waals surface area contributed by atoms with Crippen molar-refractivity contribution in [2.24, 2.45) is 0 Å². The van der Waals surface area contributed by atoms with Crippen molar-refractivity contribution in [3.63, 3.8) is 0 Å². The minimum absolute atomic E-state index is 0.542. The molecule has 0 aliphatic carbocycles. The van der Waals surface area contributed by atoms with Crippen LogP contribution < -0.4 is 10.1 Å². The van der Waals surface area contributed by atoms with Crippen LogP contribution in [-0.4, -0.2) is 6.54 Å². The average molecular weight is 386 g/mol. The van der Waals surface area contributed by atoms with Crippen LogP contribution in [0.15, 0.2) is 72.8 Å². The molecule has 0 bridgehead atoms. The predicted octanol–water partition coefficient (Wildman–Crippen LogP) is 5.90. The Morgan fingerprint density at radius 1 is 0.769 bits per heavy atom. The molecule has 0 heterocycles. The Bertz CT molecular complexity index is 819. The van der Waals surface area contributed by atoms with Gasteiger partial charge in [-0.05, 0) is 54.4 Å². The molecule has 0 aliphatic rings. The number of rotatable bonds is 8. The molecule has 4 heteroatoms. The molecule has 0 unspecified atom stereocenters. The summed E-state index contributed by atoms with van der Waals surface area (Å²) < 4.78 is 5.99. The van der Waals surface area contributed by atoms with E-state index in [1.165, 1.54) is 5.56 Å². The van der Waals surface area contributed by atoms with Crippen molar-refractivity contribution < 1.29 is 4.74 Å². The highest BCUT2D eigenvalue weighted by Gasteiger charge is 2.05. The van der Waals surface area contributed by atoms with E-state index in [9.17, 15) is 0 Å². The van der Waals surface area contributed by atoms with E-state index in [0.29, 0.717) is 18.2 Å². The summed E-state index contributed by atoms with van der Waals surface area (Å²) in [5.41, 5.74) is 3.46. The van der Waals surface area contributed by atoms with Gasteiger partial charge in [-0.25, -0.2) is 0 Å². The van der Waals surface area contributed by atoms with Crippen LogP contribution in [0.5, 0.6) is 5.75 Å². The smallest absolute Gasteiger partial charge is 0.124 e. The number of hydrogen-bond donors (Lipinski definition) is 1. The molecule has 1 N–H and O–H groups in total. The average Bonchev–Trinajstić information content (AvgIpc) is 2.67. The van der Waals surface area contributed by atoms with Gasteiger partial charge in [-0.1, -0.05) is 65.7 Å². The van der Waals surface area contributed by atoms with E-state index in [0.717, 1.165) is 34.9 Å². The van der Waals surface area contributed by atoms with E-state index in [1.54, 1.807) is 0 Å². The van der Waals surface area contributed by atoms with Crippen molar-refractivity contribution in [1.29, 1.82) is 0 Å². The van der Waals surface area contributed by atoms with Crippen LogP contribution in [0.2, 0.25) is 10.0 Å². The molecule has 0 spiro atoms. The highest BCUT2D eigenvalue weighted by Crippen LogP contribution is 2.24. The first-order valence-corrected chi connectivity index (χ1v) is 9.36. The highest BCUT2D eigenvalue weighted by molar-refractivity contribution is 6.30. The molecule has 26 heavy (non-hydrogen) atoms. The number of halogens is 2. The van der Waals surface area contributed by atoms with Gasteiger partial charge in [-0.3, -0.25) is 0 Å². The molecule has 3 aromatic rings. The summed E-state index contributed by atoms with van der Waals surface area (Å²) in [5, 5.41) is 4.94. The zero-order valence-corrected chi connectivity index (χ0v) is 15.9. The van der Waals surface area contributed by atoms with Crippen molar-refractivity contribution in [3.8, 4) is 5.75 Å². The Hall–Kier alpha value is -2.00. The van der Waals surface area contributed by atoms with Gasteiger partial charge in [0.1, 0.15) is 12.4 Å². The maximum Gasteiger partial charge on any atom is 0.124 e. The standard InChI is InChI=1S/C22H21Cl2NO/c23-20-8-6-17(7-9-20)12-13-25-15-19-14-21(24)10-11-22(19)26-16-18-4-2-1-3-5-18/h1-11,14,25H,12-13,15-16H2. The van der Waals surface area contributed by atoms with E-state index in [2.05, 4.69) is 29.6 Å². The minimum Gasteiger partial charge on any atom is -0.489 e. The lowest BCUT2D eigenvalue weighted by atomic mass is 10.1. The largest absolute Gasteiger partial charge is 0.489 e. The van der Waals surface area contributed by atoms with Crippen LogP contribution in [0.25, 0.3) is 0 Å². The fourth-order valence-corrected chi connectivity index (χ4v) is 2.99.